The molecule has 148 valence electrons. The van der Waals surface area contributed by atoms with E-state index < -0.39 is 0 Å². The first-order valence-electron chi connectivity index (χ1n) is 10.5. The number of hydrogen-bond donors (Lipinski definition) is 0. The predicted molar refractivity (Wildman–Crippen MR) is 106 cm³/mol. The van der Waals surface area contributed by atoms with Crippen molar-refractivity contribution in [2.45, 2.75) is 51.0 Å². The largest absolute Gasteiger partial charge is 0.379 e. The van der Waals surface area contributed by atoms with Crippen LogP contribution in [0.5, 0.6) is 0 Å². The molecule has 3 aromatic rings. The number of aryl methyl sites for hydroxylation is 1. The molecule has 1 aromatic carbocycles. The lowest BCUT2D eigenvalue weighted by Crippen LogP contribution is -2.44. The van der Waals surface area contributed by atoms with Gasteiger partial charge >= 0.3 is 0 Å². The molecule has 2 aliphatic rings. The molecule has 0 spiro atoms. The Bertz CT molecular complexity index is 935. The number of benzene rings is 1. The molecule has 5 rings (SSSR count). The third-order valence-corrected chi connectivity index (χ3v) is 6.23. The molecular weight excluding hydrogens is 354 g/mol. The van der Waals surface area contributed by atoms with Gasteiger partial charge in [-0.2, -0.15) is 14.8 Å². The lowest BCUT2D eigenvalue weighted by Gasteiger charge is -2.38. The van der Waals surface area contributed by atoms with Gasteiger partial charge in [-0.1, -0.05) is 25.1 Å². The van der Waals surface area contributed by atoms with Crippen LogP contribution in [0, 0.1) is 0 Å². The highest BCUT2D eigenvalue weighted by Gasteiger charge is 2.30. The van der Waals surface area contributed by atoms with Gasteiger partial charge in [0.1, 0.15) is 0 Å². The van der Waals surface area contributed by atoms with Crippen molar-refractivity contribution in [2.24, 2.45) is 0 Å². The number of ether oxygens (including phenoxy) is 1. The minimum absolute atomic E-state index is 0.353. The van der Waals surface area contributed by atoms with E-state index in [0.29, 0.717) is 17.9 Å². The van der Waals surface area contributed by atoms with Crippen LogP contribution in [0.2, 0.25) is 0 Å². The number of rotatable bonds is 4. The van der Waals surface area contributed by atoms with Gasteiger partial charge < -0.3 is 9.26 Å². The van der Waals surface area contributed by atoms with Crippen molar-refractivity contribution in [3.63, 3.8) is 0 Å². The minimum atomic E-state index is 0.353. The molecule has 1 saturated carbocycles. The third kappa shape index (κ3) is 3.22. The van der Waals surface area contributed by atoms with Crippen molar-refractivity contribution in [1.82, 2.24) is 24.8 Å². The van der Waals surface area contributed by atoms with Crippen molar-refractivity contribution in [1.29, 1.82) is 0 Å². The molecule has 7 heteroatoms. The van der Waals surface area contributed by atoms with Crippen LogP contribution in [-0.4, -0.2) is 57.2 Å². The molecule has 0 amide bonds. The summed E-state index contributed by atoms with van der Waals surface area (Å²) >= 11 is 0. The smallest absolute Gasteiger partial charge is 0.291 e. The Balaban J connectivity index is 1.32. The molecule has 0 radical (unpaired) electrons. The lowest BCUT2D eigenvalue weighted by molar-refractivity contribution is 0.00659. The van der Waals surface area contributed by atoms with Crippen LogP contribution in [0.3, 0.4) is 0 Å². The quantitative estimate of drug-likeness (QED) is 0.690. The highest BCUT2D eigenvalue weighted by Crippen LogP contribution is 2.34. The zero-order valence-electron chi connectivity index (χ0n) is 16.4. The summed E-state index contributed by atoms with van der Waals surface area (Å²) in [7, 11) is 0. The minimum Gasteiger partial charge on any atom is -0.379 e. The topological polar surface area (TPSA) is 69.2 Å². The molecule has 0 N–H and O–H groups in total. The summed E-state index contributed by atoms with van der Waals surface area (Å²) in [5.41, 5.74) is 2.09. The van der Waals surface area contributed by atoms with E-state index in [4.69, 9.17) is 19.3 Å². The lowest BCUT2D eigenvalue weighted by atomic mass is 9.85. The molecule has 1 aliphatic heterocycles. The van der Waals surface area contributed by atoms with Crippen LogP contribution >= 0.6 is 0 Å². The molecule has 2 aromatic heterocycles. The van der Waals surface area contributed by atoms with Crippen LogP contribution < -0.4 is 0 Å². The van der Waals surface area contributed by atoms with Gasteiger partial charge in [-0.3, -0.25) is 4.90 Å². The van der Waals surface area contributed by atoms with E-state index in [1.165, 1.54) is 12.8 Å². The maximum Gasteiger partial charge on any atom is 0.291 e. The summed E-state index contributed by atoms with van der Waals surface area (Å²) in [6, 6.07) is 8.90. The fourth-order valence-electron chi connectivity index (χ4n) is 4.65. The Labute approximate surface area is 164 Å². The van der Waals surface area contributed by atoms with E-state index in [9.17, 15) is 0 Å². The Kier molecular flexibility index (Phi) is 4.86. The van der Waals surface area contributed by atoms with Crippen LogP contribution in [0.15, 0.2) is 28.8 Å². The second kappa shape index (κ2) is 7.64. The van der Waals surface area contributed by atoms with Crippen molar-refractivity contribution in [2.75, 3.05) is 26.3 Å². The molecular formula is C21H27N5O2. The summed E-state index contributed by atoms with van der Waals surface area (Å²) < 4.78 is 13.0. The Morgan fingerprint density at radius 2 is 1.86 bits per heavy atom. The highest BCUT2D eigenvalue weighted by molar-refractivity contribution is 5.83. The van der Waals surface area contributed by atoms with Gasteiger partial charge in [-0.05, 0) is 43.3 Å². The number of para-hydroxylation sites is 1. The van der Waals surface area contributed by atoms with Crippen molar-refractivity contribution in [3.05, 3.63) is 35.9 Å². The number of hydrogen-bond acceptors (Lipinski definition) is 6. The molecule has 0 unspecified atom stereocenters. The Morgan fingerprint density at radius 3 is 2.64 bits per heavy atom. The predicted octanol–water partition coefficient (Wildman–Crippen LogP) is 3.33. The van der Waals surface area contributed by atoms with E-state index in [1.807, 2.05) is 16.8 Å². The number of fused-ring (bicyclic) bond motifs is 1. The van der Waals surface area contributed by atoms with E-state index >= 15 is 0 Å². The molecule has 0 atom stereocenters. The summed E-state index contributed by atoms with van der Waals surface area (Å²) in [4.78, 5) is 7.31. The molecule has 1 saturated heterocycles. The van der Waals surface area contributed by atoms with Crippen molar-refractivity contribution >= 4 is 10.9 Å². The number of nitrogens with zero attached hydrogens (tertiary/aromatic N) is 5. The molecule has 3 heterocycles. The van der Waals surface area contributed by atoms with Gasteiger partial charge in [0.15, 0.2) is 0 Å². The first-order valence-corrected chi connectivity index (χ1v) is 10.5. The first kappa shape index (κ1) is 17.8. The van der Waals surface area contributed by atoms with Gasteiger partial charge in [0.25, 0.3) is 5.95 Å². The normalized spacial score (nSPS) is 24.0. The molecule has 2 fully saturated rings. The molecule has 1 aliphatic carbocycles. The molecule has 28 heavy (non-hydrogen) atoms. The Hall–Kier alpha value is -2.25. The summed E-state index contributed by atoms with van der Waals surface area (Å²) in [5.74, 6) is 1.65. The number of aromatic nitrogens is 4. The molecule has 7 nitrogen and oxygen atoms in total. The van der Waals surface area contributed by atoms with Gasteiger partial charge in [0, 0.05) is 30.4 Å². The second-order valence-corrected chi connectivity index (χ2v) is 7.82. The Morgan fingerprint density at radius 1 is 1.07 bits per heavy atom. The van der Waals surface area contributed by atoms with Crippen LogP contribution in [-0.2, 0) is 11.2 Å². The van der Waals surface area contributed by atoms with Crippen LogP contribution in [0.25, 0.3) is 16.9 Å². The SMILES string of the molecule is CCc1nn(-c2noc([C@H]3CC[C@H](N4CCOCC4)CC3)n2)c2ccccc12. The first-order chi connectivity index (χ1) is 13.8. The monoisotopic (exact) mass is 381 g/mol. The van der Waals surface area contributed by atoms with Gasteiger partial charge in [-0.15, -0.1) is 0 Å². The van der Waals surface area contributed by atoms with Crippen molar-refractivity contribution in [3.8, 4) is 5.95 Å². The van der Waals surface area contributed by atoms with Crippen LogP contribution in [0.1, 0.15) is 50.1 Å². The fraction of sp³-hybridized carbons (Fsp3) is 0.571. The van der Waals surface area contributed by atoms with E-state index in [-0.39, 0.29) is 0 Å². The van der Waals surface area contributed by atoms with Crippen LogP contribution in [0.4, 0.5) is 0 Å². The summed E-state index contributed by atoms with van der Waals surface area (Å²) in [6.45, 7) is 5.97. The summed E-state index contributed by atoms with van der Waals surface area (Å²) in [5, 5.41) is 10.1. The van der Waals surface area contributed by atoms with E-state index in [0.717, 1.165) is 68.1 Å². The second-order valence-electron chi connectivity index (χ2n) is 7.82. The molecule has 0 bridgehead atoms. The maximum atomic E-state index is 5.68. The fourth-order valence-corrected chi connectivity index (χ4v) is 4.65. The summed E-state index contributed by atoms with van der Waals surface area (Å²) in [6.07, 6.45) is 5.46. The zero-order chi connectivity index (χ0) is 18.9. The van der Waals surface area contributed by atoms with E-state index in [1.54, 1.807) is 0 Å². The zero-order valence-corrected chi connectivity index (χ0v) is 16.4. The van der Waals surface area contributed by atoms with E-state index in [2.05, 4.69) is 29.1 Å². The van der Waals surface area contributed by atoms with Crippen molar-refractivity contribution < 1.29 is 9.26 Å². The average molecular weight is 381 g/mol. The van der Waals surface area contributed by atoms with Gasteiger partial charge in [0.05, 0.1) is 24.4 Å². The third-order valence-electron chi connectivity index (χ3n) is 6.23. The van der Waals surface area contributed by atoms with Gasteiger partial charge in [-0.25, -0.2) is 0 Å². The number of morpholine rings is 1. The van der Waals surface area contributed by atoms with Gasteiger partial charge in [0.2, 0.25) is 5.89 Å². The standard InChI is InChI=1S/C21H27N5O2/c1-2-18-17-5-3-4-6-19(17)26(23-18)21-22-20(28-24-21)15-7-9-16(10-8-15)25-11-13-27-14-12-25/h3-6,15-16H,2,7-14H2,1H3/t15-,16-. The average Bonchev–Trinajstić information content (AvgIpc) is 3.39. The maximum absolute atomic E-state index is 5.68. The highest BCUT2D eigenvalue weighted by atomic mass is 16.5.